The maximum Gasteiger partial charge on any atom is 0.407 e. The van der Waals surface area contributed by atoms with Crippen molar-refractivity contribution in [3.05, 3.63) is 48.0 Å². The fourth-order valence-corrected chi connectivity index (χ4v) is 7.31. The average molecular weight is 664 g/mol. The van der Waals surface area contributed by atoms with Crippen molar-refractivity contribution in [3.63, 3.8) is 0 Å². The van der Waals surface area contributed by atoms with E-state index in [0.29, 0.717) is 30.5 Å². The minimum atomic E-state index is -4.05. The van der Waals surface area contributed by atoms with Crippen molar-refractivity contribution < 1.29 is 46.7 Å². The summed E-state index contributed by atoms with van der Waals surface area (Å²) in [7, 11) is -0.113. The number of ether oxygens (including phenoxy) is 6. The van der Waals surface area contributed by atoms with Gasteiger partial charge in [0, 0.05) is 25.7 Å². The van der Waals surface area contributed by atoms with E-state index in [4.69, 9.17) is 28.4 Å². The topological polar surface area (TPSA) is 145 Å². The predicted molar refractivity (Wildman–Crippen MR) is 167 cm³/mol. The Kier molecular flexibility index (Phi) is 11.3. The molecule has 0 bridgehead atoms. The lowest BCUT2D eigenvalue weighted by Crippen LogP contribution is -2.51. The molecule has 0 saturated carbocycles. The lowest BCUT2D eigenvalue weighted by molar-refractivity contribution is -0.0907. The van der Waals surface area contributed by atoms with Crippen molar-refractivity contribution in [3.8, 4) is 17.2 Å². The van der Waals surface area contributed by atoms with E-state index in [1.807, 2.05) is 57.1 Å². The molecule has 14 heteroatoms. The predicted octanol–water partition coefficient (Wildman–Crippen LogP) is 2.46. The van der Waals surface area contributed by atoms with Gasteiger partial charge in [0.05, 0.1) is 36.2 Å². The number of alkyl carbamates (subject to hydrolysis) is 1. The molecule has 3 aliphatic rings. The van der Waals surface area contributed by atoms with Crippen molar-refractivity contribution in [2.24, 2.45) is 11.8 Å². The van der Waals surface area contributed by atoms with Gasteiger partial charge in [0.15, 0.2) is 17.8 Å². The zero-order valence-electron chi connectivity index (χ0n) is 26.8. The van der Waals surface area contributed by atoms with Gasteiger partial charge in [-0.05, 0) is 62.7 Å². The van der Waals surface area contributed by atoms with E-state index in [2.05, 4.69) is 5.32 Å². The lowest BCUT2D eigenvalue weighted by atomic mass is 10.0. The Bertz CT molecular complexity index is 1420. The fraction of sp³-hybridized carbons (Fsp3) is 0.594. The van der Waals surface area contributed by atoms with Gasteiger partial charge in [-0.25, -0.2) is 13.2 Å². The smallest absolute Gasteiger partial charge is 0.407 e. The van der Waals surface area contributed by atoms with Crippen molar-refractivity contribution in [1.29, 1.82) is 0 Å². The second-order valence-corrected chi connectivity index (χ2v) is 14.5. The van der Waals surface area contributed by atoms with Crippen LogP contribution in [0.3, 0.4) is 0 Å². The zero-order valence-corrected chi connectivity index (χ0v) is 27.6. The third-order valence-corrected chi connectivity index (χ3v) is 9.97. The van der Waals surface area contributed by atoms with E-state index in [9.17, 15) is 18.3 Å². The van der Waals surface area contributed by atoms with Crippen LogP contribution in [0.15, 0.2) is 47.4 Å². The molecule has 0 aromatic heterocycles. The minimum Gasteiger partial charge on any atom is -0.492 e. The van der Waals surface area contributed by atoms with Crippen LogP contribution in [0.25, 0.3) is 0 Å². The first-order chi connectivity index (χ1) is 22.0. The van der Waals surface area contributed by atoms with Crippen LogP contribution in [0.2, 0.25) is 0 Å². The van der Waals surface area contributed by atoms with E-state index in [1.165, 1.54) is 16.4 Å². The number of carbonyl (C=O) groups excluding carboxylic acids is 1. The lowest BCUT2D eigenvalue weighted by Gasteiger charge is -2.31. The molecule has 0 unspecified atom stereocenters. The molecule has 0 aliphatic carbocycles. The van der Waals surface area contributed by atoms with Crippen LogP contribution in [0.4, 0.5) is 4.79 Å². The number of nitrogens with zero attached hydrogens (tertiary/aromatic N) is 2. The Labute approximate surface area is 270 Å². The average Bonchev–Trinajstić information content (AvgIpc) is 3.75. The largest absolute Gasteiger partial charge is 0.492 e. The van der Waals surface area contributed by atoms with Crippen LogP contribution in [-0.2, 0) is 30.7 Å². The Hall–Kier alpha value is -3.14. The molecule has 2 aromatic carbocycles. The molecule has 3 heterocycles. The number of benzene rings is 2. The molecule has 0 spiro atoms. The summed E-state index contributed by atoms with van der Waals surface area (Å²) in [4.78, 5) is 15.2. The van der Waals surface area contributed by atoms with Gasteiger partial charge in [0.1, 0.15) is 18.5 Å². The van der Waals surface area contributed by atoms with Crippen molar-refractivity contribution in [1.82, 2.24) is 14.5 Å². The zero-order chi connectivity index (χ0) is 32.8. The van der Waals surface area contributed by atoms with E-state index in [0.717, 1.165) is 18.5 Å². The quantitative estimate of drug-likeness (QED) is 0.290. The summed E-state index contributed by atoms with van der Waals surface area (Å²) >= 11 is 0. The maximum absolute atomic E-state index is 13.9. The Balaban J connectivity index is 1.32. The maximum atomic E-state index is 13.9. The van der Waals surface area contributed by atoms with Gasteiger partial charge in [-0.15, -0.1) is 0 Å². The Morgan fingerprint density at radius 3 is 2.57 bits per heavy atom. The van der Waals surface area contributed by atoms with E-state index in [-0.39, 0.29) is 55.9 Å². The van der Waals surface area contributed by atoms with Crippen molar-refractivity contribution in [2.75, 3.05) is 60.3 Å². The first-order valence-electron chi connectivity index (χ1n) is 15.6. The first kappa shape index (κ1) is 34.2. The van der Waals surface area contributed by atoms with Crippen LogP contribution in [0.1, 0.15) is 25.8 Å². The van der Waals surface area contributed by atoms with Crippen LogP contribution in [0, 0.1) is 11.8 Å². The standard InChI is InChI=1S/C32H45N3O10S/c1-21(2)17-35(46(38,39)24-9-10-28-29(16-24)44-20-43-28)18-27(36)26(15-22-5-7-23(8-6-22)40-14-12-34(3)4)33-32(37)45-30-19-42-31-25(30)11-13-41-31/h5-10,16,21,25-27,30-31,36H,11-15,17-20H2,1-4H3,(H,33,37)/t25-,26-,27+,30+,31+/m0/s1. The molecule has 2 aromatic rings. The monoisotopic (exact) mass is 663 g/mol. The summed E-state index contributed by atoms with van der Waals surface area (Å²) in [6, 6.07) is 10.9. The molecule has 1 amide bonds. The molecule has 2 N–H and O–H groups in total. The van der Waals surface area contributed by atoms with Crippen LogP contribution in [-0.4, -0.2) is 114 Å². The van der Waals surface area contributed by atoms with Gasteiger partial charge < -0.3 is 43.7 Å². The van der Waals surface area contributed by atoms with Gasteiger partial charge in [0.2, 0.25) is 16.8 Å². The highest BCUT2D eigenvalue weighted by Crippen LogP contribution is 2.35. The van der Waals surface area contributed by atoms with Crippen LogP contribution in [0.5, 0.6) is 17.2 Å². The van der Waals surface area contributed by atoms with E-state index < -0.39 is 34.4 Å². The van der Waals surface area contributed by atoms with E-state index >= 15 is 0 Å². The number of aliphatic hydroxyl groups is 1. The molecule has 3 aliphatic heterocycles. The van der Waals surface area contributed by atoms with Gasteiger partial charge in [-0.1, -0.05) is 26.0 Å². The number of likely N-dealkylation sites (N-methyl/N-ethyl adjacent to an activating group) is 1. The third kappa shape index (κ3) is 8.60. The van der Waals surface area contributed by atoms with Gasteiger partial charge in [-0.2, -0.15) is 4.31 Å². The molecular formula is C32H45N3O10S. The van der Waals surface area contributed by atoms with Crippen LogP contribution >= 0.6 is 0 Å². The number of hydrogen-bond donors (Lipinski definition) is 2. The van der Waals surface area contributed by atoms with Gasteiger partial charge in [0.25, 0.3) is 0 Å². The van der Waals surface area contributed by atoms with Crippen molar-refractivity contribution >= 4 is 16.1 Å². The SMILES string of the molecule is CC(C)CN(C[C@@H](O)[C@H](Cc1ccc(OCCN(C)C)cc1)NC(=O)O[C@@H]1CO[C@H]2OCC[C@H]21)S(=O)(=O)c1ccc2c(c1)OCO2. The highest BCUT2D eigenvalue weighted by molar-refractivity contribution is 7.89. The Morgan fingerprint density at radius 1 is 1.07 bits per heavy atom. The summed E-state index contributed by atoms with van der Waals surface area (Å²) < 4.78 is 62.4. The molecule has 5 atom stereocenters. The number of aliphatic hydroxyl groups excluding tert-OH is 1. The molecular weight excluding hydrogens is 618 g/mol. The second-order valence-electron chi connectivity index (χ2n) is 12.5. The summed E-state index contributed by atoms with van der Waals surface area (Å²) in [5.41, 5.74) is 0.812. The van der Waals surface area contributed by atoms with Crippen molar-refractivity contribution in [2.45, 2.75) is 56.1 Å². The highest BCUT2D eigenvalue weighted by Gasteiger charge is 2.44. The number of nitrogens with one attached hydrogen (secondary N) is 1. The molecule has 2 fully saturated rings. The molecule has 254 valence electrons. The van der Waals surface area contributed by atoms with Gasteiger partial charge in [-0.3, -0.25) is 0 Å². The number of carbonyl (C=O) groups is 1. The molecule has 13 nitrogen and oxygen atoms in total. The summed E-state index contributed by atoms with van der Waals surface area (Å²) in [5.74, 6) is 1.41. The molecule has 46 heavy (non-hydrogen) atoms. The number of amides is 1. The van der Waals surface area contributed by atoms with E-state index in [1.54, 1.807) is 6.07 Å². The summed E-state index contributed by atoms with van der Waals surface area (Å²) in [6.07, 6.45) is -1.93. The number of rotatable bonds is 15. The summed E-state index contributed by atoms with van der Waals surface area (Å²) in [6.45, 7) is 5.75. The fourth-order valence-electron chi connectivity index (χ4n) is 5.68. The second kappa shape index (κ2) is 15.2. The molecule has 0 radical (unpaired) electrons. The van der Waals surface area contributed by atoms with Gasteiger partial charge >= 0.3 is 6.09 Å². The third-order valence-electron chi connectivity index (χ3n) is 8.14. The Morgan fingerprint density at radius 2 is 1.83 bits per heavy atom. The normalized spacial score (nSPS) is 21.9. The number of hydrogen-bond acceptors (Lipinski definition) is 11. The first-order valence-corrected chi connectivity index (χ1v) is 17.1. The summed E-state index contributed by atoms with van der Waals surface area (Å²) in [5, 5.41) is 14.4. The molecule has 5 rings (SSSR count). The number of fused-ring (bicyclic) bond motifs is 2. The highest BCUT2D eigenvalue weighted by atomic mass is 32.2. The molecule has 2 saturated heterocycles. The number of sulfonamides is 1. The minimum absolute atomic E-state index is 0.0152. The van der Waals surface area contributed by atoms with Crippen LogP contribution < -0.4 is 19.5 Å².